The van der Waals surface area contributed by atoms with E-state index in [0.29, 0.717) is 17.8 Å². The van der Waals surface area contributed by atoms with Crippen LogP contribution in [0.5, 0.6) is 0 Å². The number of aliphatic hydroxyl groups excluding tert-OH is 1. The van der Waals surface area contributed by atoms with Gasteiger partial charge in [0.25, 0.3) is 0 Å². The Morgan fingerprint density at radius 3 is 2.88 bits per heavy atom. The summed E-state index contributed by atoms with van der Waals surface area (Å²) in [6, 6.07) is 13.1. The van der Waals surface area contributed by atoms with Gasteiger partial charge in [-0.2, -0.15) is 5.10 Å². The van der Waals surface area contributed by atoms with Crippen LogP contribution < -0.4 is 5.73 Å². The molecule has 8 nitrogen and oxygen atoms in total. The number of fused-ring (bicyclic) bond motifs is 1. The zero-order valence-electron chi connectivity index (χ0n) is 14.0. The van der Waals surface area contributed by atoms with Crippen LogP contribution in [-0.2, 0) is 21.9 Å². The van der Waals surface area contributed by atoms with Gasteiger partial charge in [0.2, 0.25) is 5.79 Å². The standard InChI is InChI=1S/C18H20N4O4/c19-17-14-6-7-15(22(14)21-11-20-17)18(24)16(23)8-13(26-18)10-25-9-12-4-2-1-3-5-12/h1-7,11,13,16,23-24H,8-10H2,(H2,19,20,21)/t13-,16+,18?/m0/s1. The van der Waals surface area contributed by atoms with E-state index in [4.69, 9.17) is 15.2 Å². The summed E-state index contributed by atoms with van der Waals surface area (Å²) in [7, 11) is 0. The maximum Gasteiger partial charge on any atom is 0.237 e. The maximum atomic E-state index is 10.9. The van der Waals surface area contributed by atoms with E-state index in [9.17, 15) is 10.2 Å². The van der Waals surface area contributed by atoms with Crippen LogP contribution in [0.3, 0.4) is 0 Å². The van der Waals surface area contributed by atoms with Crippen molar-refractivity contribution >= 4 is 11.3 Å². The Labute approximate surface area is 149 Å². The fraction of sp³-hybridized carbons (Fsp3) is 0.333. The molecule has 3 aromatic rings. The minimum atomic E-state index is -1.88. The Kier molecular flexibility index (Phi) is 4.33. The number of benzene rings is 1. The topological polar surface area (TPSA) is 115 Å². The van der Waals surface area contributed by atoms with Crippen molar-refractivity contribution in [2.75, 3.05) is 12.3 Å². The second kappa shape index (κ2) is 6.65. The van der Waals surface area contributed by atoms with Crippen molar-refractivity contribution in [2.45, 2.75) is 31.0 Å². The van der Waals surface area contributed by atoms with Crippen molar-refractivity contribution in [3.8, 4) is 0 Å². The SMILES string of the molecule is Nc1ncnn2c(C3(O)O[C@H](COCc4ccccc4)C[C@H]3O)ccc12. The zero-order valence-corrected chi connectivity index (χ0v) is 14.0. The molecule has 136 valence electrons. The van der Waals surface area contributed by atoms with Gasteiger partial charge in [0.05, 0.1) is 19.3 Å². The van der Waals surface area contributed by atoms with Gasteiger partial charge in [0.15, 0.2) is 5.82 Å². The molecule has 8 heteroatoms. The fourth-order valence-corrected chi connectivity index (χ4v) is 3.23. The first kappa shape index (κ1) is 16.9. The Morgan fingerprint density at radius 2 is 2.08 bits per heavy atom. The van der Waals surface area contributed by atoms with Gasteiger partial charge in [-0.3, -0.25) is 0 Å². The van der Waals surface area contributed by atoms with Crippen molar-refractivity contribution in [3.63, 3.8) is 0 Å². The molecule has 3 heterocycles. The van der Waals surface area contributed by atoms with E-state index in [1.807, 2.05) is 30.3 Å². The number of nitrogens with zero attached hydrogens (tertiary/aromatic N) is 3. The van der Waals surface area contributed by atoms with E-state index >= 15 is 0 Å². The molecule has 1 unspecified atom stereocenters. The first-order chi connectivity index (χ1) is 12.6. The third-order valence-corrected chi connectivity index (χ3v) is 4.55. The highest BCUT2D eigenvalue weighted by Gasteiger charge is 2.50. The van der Waals surface area contributed by atoms with Gasteiger partial charge in [0.1, 0.15) is 23.6 Å². The van der Waals surface area contributed by atoms with Gasteiger partial charge < -0.3 is 25.4 Å². The smallest absolute Gasteiger partial charge is 0.237 e. The van der Waals surface area contributed by atoms with Crippen molar-refractivity contribution in [1.29, 1.82) is 0 Å². The third kappa shape index (κ3) is 2.93. The number of rotatable bonds is 5. The summed E-state index contributed by atoms with van der Waals surface area (Å²) in [4.78, 5) is 3.91. The molecule has 0 amide bonds. The molecule has 0 bridgehead atoms. The van der Waals surface area contributed by atoms with Crippen LogP contribution in [0.25, 0.3) is 5.52 Å². The molecular weight excluding hydrogens is 336 g/mol. The first-order valence-electron chi connectivity index (χ1n) is 8.36. The number of ether oxygens (including phenoxy) is 2. The molecule has 1 aliphatic rings. The molecule has 0 aliphatic carbocycles. The minimum Gasteiger partial charge on any atom is -0.387 e. The molecule has 0 saturated carbocycles. The lowest BCUT2D eigenvalue weighted by Gasteiger charge is -2.25. The first-order valence-corrected chi connectivity index (χ1v) is 8.36. The van der Waals surface area contributed by atoms with E-state index in [-0.39, 0.29) is 18.8 Å². The number of aliphatic hydroxyl groups is 2. The predicted molar refractivity (Wildman–Crippen MR) is 92.9 cm³/mol. The van der Waals surface area contributed by atoms with Gasteiger partial charge in [-0.1, -0.05) is 30.3 Å². The van der Waals surface area contributed by atoms with E-state index in [1.165, 1.54) is 10.8 Å². The van der Waals surface area contributed by atoms with Crippen LogP contribution in [0, 0.1) is 0 Å². The molecule has 0 spiro atoms. The number of nitrogens with two attached hydrogens (primary N) is 1. The lowest BCUT2D eigenvalue weighted by molar-refractivity contribution is -0.244. The lowest BCUT2D eigenvalue weighted by Crippen LogP contribution is -2.38. The molecule has 2 aromatic heterocycles. The van der Waals surface area contributed by atoms with Crippen molar-refractivity contribution in [3.05, 3.63) is 60.0 Å². The van der Waals surface area contributed by atoms with Crippen molar-refractivity contribution in [2.24, 2.45) is 0 Å². The molecular formula is C18H20N4O4. The van der Waals surface area contributed by atoms with Crippen LogP contribution in [0.2, 0.25) is 0 Å². The van der Waals surface area contributed by atoms with Gasteiger partial charge in [-0.05, 0) is 17.7 Å². The number of aromatic nitrogens is 3. The molecule has 1 aromatic carbocycles. The van der Waals surface area contributed by atoms with Crippen LogP contribution in [0.1, 0.15) is 17.7 Å². The number of hydrogen-bond acceptors (Lipinski definition) is 7. The molecule has 0 radical (unpaired) electrons. The Balaban J connectivity index is 1.47. The third-order valence-electron chi connectivity index (χ3n) is 4.55. The van der Waals surface area contributed by atoms with E-state index in [1.54, 1.807) is 12.1 Å². The van der Waals surface area contributed by atoms with Gasteiger partial charge in [-0.15, -0.1) is 0 Å². The van der Waals surface area contributed by atoms with E-state index in [2.05, 4.69) is 10.1 Å². The zero-order chi connectivity index (χ0) is 18.1. The second-order valence-electron chi connectivity index (χ2n) is 6.35. The minimum absolute atomic E-state index is 0.249. The average Bonchev–Trinajstić information content (AvgIpc) is 3.19. The molecule has 4 rings (SSSR count). The summed E-state index contributed by atoms with van der Waals surface area (Å²) in [5, 5.41) is 25.5. The van der Waals surface area contributed by atoms with Crippen LogP contribution >= 0.6 is 0 Å². The van der Waals surface area contributed by atoms with E-state index in [0.717, 1.165) is 5.56 Å². The molecule has 1 saturated heterocycles. The number of nitrogen functional groups attached to an aromatic ring is 1. The highest BCUT2D eigenvalue weighted by Crippen LogP contribution is 2.38. The Bertz CT molecular complexity index is 901. The van der Waals surface area contributed by atoms with Crippen molar-refractivity contribution in [1.82, 2.24) is 14.6 Å². The normalized spacial score (nSPS) is 25.8. The summed E-state index contributed by atoms with van der Waals surface area (Å²) in [5.74, 6) is -1.60. The Hall–Kier alpha value is -2.52. The maximum absolute atomic E-state index is 10.9. The van der Waals surface area contributed by atoms with Gasteiger partial charge in [-0.25, -0.2) is 9.50 Å². The van der Waals surface area contributed by atoms with Gasteiger partial charge in [0, 0.05) is 6.42 Å². The quantitative estimate of drug-likeness (QED) is 0.620. The molecule has 1 aliphatic heterocycles. The van der Waals surface area contributed by atoms with Gasteiger partial charge >= 0.3 is 0 Å². The summed E-state index contributed by atoms with van der Waals surface area (Å²) in [6.07, 6.45) is -0.0126. The molecule has 4 N–H and O–H groups in total. The fourth-order valence-electron chi connectivity index (χ4n) is 3.23. The summed E-state index contributed by atoms with van der Waals surface area (Å²) < 4.78 is 12.8. The highest BCUT2D eigenvalue weighted by atomic mass is 16.7. The summed E-state index contributed by atoms with van der Waals surface area (Å²) >= 11 is 0. The predicted octanol–water partition coefficient (Wildman–Crippen LogP) is 0.823. The summed E-state index contributed by atoms with van der Waals surface area (Å²) in [6.45, 7) is 0.696. The van der Waals surface area contributed by atoms with Crippen LogP contribution in [-0.4, -0.2) is 43.6 Å². The molecule has 26 heavy (non-hydrogen) atoms. The molecule has 1 fully saturated rings. The monoisotopic (exact) mass is 356 g/mol. The number of hydrogen-bond donors (Lipinski definition) is 3. The van der Waals surface area contributed by atoms with Crippen LogP contribution in [0.15, 0.2) is 48.8 Å². The number of anilines is 1. The van der Waals surface area contributed by atoms with E-state index < -0.39 is 18.0 Å². The van der Waals surface area contributed by atoms with Crippen molar-refractivity contribution < 1.29 is 19.7 Å². The second-order valence-corrected chi connectivity index (χ2v) is 6.35. The Morgan fingerprint density at radius 1 is 1.27 bits per heavy atom. The summed E-state index contributed by atoms with van der Waals surface area (Å²) in [5.41, 5.74) is 7.71. The lowest BCUT2D eigenvalue weighted by atomic mass is 10.1. The highest BCUT2D eigenvalue weighted by molar-refractivity contribution is 5.65. The average molecular weight is 356 g/mol. The molecule has 3 atom stereocenters. The largest absolute Gasteiger partial charge is 0.387 e. The van der Waals surface area contributed by atoms with Crippen LogP contribution in [0.4, 0.5) is 5.82 Å².